The van der Waals surface area contributed by atoms with Crippen LogP contribution in [0.25, 0.3) is 0 Å². The number of nitrogens with zero attached hydrogens (tertiary/aromatic N) is 1. The van der Waals surface area contributed by atoms with Crippen LogP contribution < -0.4 is 11.1 Å². The summed E-state index contributed by atoms with van der Waals surface area (Å²) in [5.41, 5.74) is 5.56. The summed E-state index contributed by atoms with van der Waals surface area (Å²) in [5.74, 6) is 0. The number of primary amides is 1. The second kappa shape index (κ2) is 4.73. The molecule has 0 aromatic heterocycles. The van der Waals surface area contributed by atoms with E-state index < -0.39 is 11.8 Å². The molecule has 1 aromatic rings. The summed E-state index contributed by atoms with van der Waals surface area (Å²) in [5, 5.41) is 3.24. The highest BCUT2D eigenvalue weighted by Gasteiger charge is 2.42. The fourth-order valence-electron chi connectivity index (χ4n) is 2.27. The summed E-state index contributed by atoms with van der Waals surface area (Å²) >= 11 is 0. The van der Waals surface area contributed by atoms with Crippen LogP contribution in [-0.2, 0) is 10.5 Å². The molecule has 0 bridgehead atoms. The molecule has 1 heterocycles. The van der Waals surface area contributed by atoms with Gasteiger partial charge in [0, 0.05) is 32.3 Å². The molecule has 1 aromatic carbocycles. The highest BCUT2D eigenvalue weighted by atomic mass is 16.5. The average molecular weight is 235 g/mol. The topological polar surface area (TPSA) is 67.6 Å². The number of hydrogen-bond acceptors (Lipinski definition) is 3. The molecule has 1 unspecified atom stereocenters. The van der Waals surface area contributed by atoms with Gasteiger partial charge in [-0.15, -0.1) is 0 Å². The van der Waals surface area contributed by atoms with Gasteiger partial charge in [0.25, 0.3) is 0 Å². The molecule has 1 aliphatic rings. The van der Waals surface area contributed by atoms with Gasteiger partial charge >= 0.3 is 6.03 Å². The Labute approximate surface area is 101 Å². The van der Waals surface area contributed by atoms with Crippen molar-refractivity contribution in [1.29, 1.82) is 0 Å². The summed E-state index contributed by atoms with van der Waals surface area (Å²) < 4.78 is 5.60. The molecule has 0 radical (unpaired) electrons. The van der Waals surface area contributed by atoms with Gasteiger partial charge in [-0.2, -0.15) is 0 Å². The van der Waals surface area contributed by atoms with E-state index in [-0.39, 0.29) is 0 Å². The maximum atomic E-state index is 11.5. The molecule has 92 valence electrons. The zero-order valence-corrected chi connectivity index (χ0v) is 9.85. The summed E-state index contributed by atoms with van der Waals surface area (Å²) in [6.07, 6.45) is 0. The van der Waals surface area contributed by atoms with Crippen LogP contribution in [0.1, 0.15) is 5.56 Å². The largest absolute Gasteiger partial charge is 0.353 e. The third-order valence-electron chi connectivity index (χ3n) is 3.14. The van der Waals surface area contributed by atoms with Crippen LogP contribution in [-0.4, -0.2) is 37.7 Å². The van der Waals surface area contributed by atoms with E-state index in [1.165, 1.54) is 0 Å². The Morgan fingerprint density at radius 2 is 2.18 bits per heavy atom. The van der Waals surface area contributed by atoms with Crippen LogP contribution >= 0.6 is 0 Å². The van der Waals surface area contributed by atoms with Gasteiger partial charge in [0.2, 0.25) is 0 Å². The third-order valence-corrected chi connectivity index (χ3v) is 3.14. The molecule has 0 aliphatic carbocycles. The van der Waals surface area contributed by atoms with Gasteiger partial charge in [0.1, 0.15) is 0 Å². The van der Waals surface area contributed by atoms with Crippen molar-refractivity contribution >= 4 is 6.03 Å². The van der Waals surface area contributed by atoms with Crippen LogP contribution in [0.15, 0.2) is 30.3 Å². The number of methoxy groups -OCH3 is 1. The van der Waals surface area contributed by atoms with E-state index in [4.69, 9.17) is 10.5 Å². The van der Waals surface area contributed by atoms with Crippen LogP contribution in [0.4, 0.5) is 4.79 Å². The Balaban J connectivity index is 2.43. The SMILES string of the molecule is COC1(c2ccccc2)CNCCN1C(N)=O. The van der Waals surface area contributed by atoms with E-state index >= 15 is 0 Å². The second-order valence-electron chi connectivity index (χ2n) is 4.02. The molecule has 5 nitrogen and oxygen atoms in total. The molecular weight excluding hydrogens is 218 g/mol. The molecule has 2 amide bonds. The van der Waals surface area contributed by atoms with Gasteiger partial charge in [-0.3, -0.25) is 4.90 Å². The molecule has 3 N–H and O–H groups in total. The molecule has 0 spiro atoms. The first-order valence-electron chi connectivity index (χ1n) is 5.59. The molecule has 1 aliphatic heterocycles. The summed E-state index contributed by atoms with van der Waals surface area (Å²) in [6.45, 7) is 1.80. The third kappa shape index (κ3) is 1.99. The zero-order chi connectivity index (χ0) is 12.3. The van der Waals surface area contributed by atoms with E-state index in [0.29, 0.717) is 13.1 Å². The Bertz CT molecular complexity index is 396. The Hall–Kier alpha value is -1.59. The lowest BCUT2D eigenvalue weighted by molar-refractivity contribution is -0.128. The predicted octanol–water partition coefficient (Wildman–Crippen LogP) is 0.470. The molecule has 5 heteroatoms. The van der Waals surface area contributed by atoms with E-state index in [2.05, 4.69) is 5.32 Å². The van der Waals surface area contributed by atoms with Crippen molar-refractivity contribution in [2.24, 2.45) is 5.73 Å². The van der Waals surface area contributed by atoms with Gasteiger partial charge in [-0.05, 0) is 0 Å². The van der Waals surface area contributed by atoms with Crippen molar-refractivity contribution in [3.05, 3.63) is 35.9 Å². The number of piperazine rings is 1. The lowest BCUT2D eigenvalue weighted by Gasteiger charge is -2.45. The number of nitrogens with one attached hydrogen (secondary N) is 1. The number of amides is 2. The minimum atomic E-state index is -0.800. The van der Waals surface area contributed by atoms with Crippen LogP contribution in [0, 0.1) is 0 Å². The number of rotatable bonds is 2. The zero-order valence-electron chi connectivity index (χ0n) is 9.85. The van der Waals surface area contributed by atoms with Gasteiger partial charge in [-0.1, -0.05) is 30.3 Å². The minimum Gasteiger partial charge on any atom is -0.353 e. The summed E-state index contributed by atoms with van der Waals surface area (Å²) in [6, 6.07) is 9.18. The second-order valence-corrected chi connectivity index (χ2v) is 4.02. The van der Waals surface area contributed by atoms with Crippen molar-refractivity contribution in [2.75, 3.05) is 26.7 Å². The fraction of sp³-hybridized carbons (Fsp3) is 0.417. The number of carbonyl (C=O) groups is 1. The Kier molecular flexibility index (Phi) is 3.31. The molecule has 0 saturated carbocycles. The number of carbonyl (C=O) groups excluding carboxylic acids is 1. The lowest BCUT2D eigenvalue weighted by atomic mass is 9.99. The van der Waals surface area contributed by atoms with Crippen molar-refractivity contribution in [2.45, 2.75) is 5.72 Å². The van der Waals surface area contributed by atoms with Crippen LogP contribution in [0.3, 0.4) is 0 Å². The van der Waals surface area contributed by atoms with Crippen molar-refractivity contribution in [3.63, 3.8) is 0 Å². The van der Waals surface area contributed by atoms with Gasteiger partial charge in [0.15, 0.2) is 5.72 Å². The normalized spacial score (nSPS) is 24.6. The smallest absolute Gasteiger partial charge is 0.317 e. The fourth-order valence-corrected chi connectivity index (χ4v) is 2.27. The minimum absolute atomic E-state index is 0.461. The van der Waals surface area contributed by atoms with E-state index in [0.717, 1.165) is 12.1 Å². The number of hydrogen-bond donors (Lipinski definition) is 2. The Morgan fingerprint density at radius 3 is 2.76 bits per heavy atom. The Morgan fingerprint density at radius 1 is 1.47 bits per heavy atom. The first-order chi connectivity index (χ1) is 8.20. The number of benzene rings is 1. The quantitative estimate of drug-likeness (QED) is 0.783. The van der Waals surface area contributed by atoms with Crippen molar-refractivity contribution < 1.29 is 9.53 Å². The number of nitrogens with two attached hydrogens (primary N) is 1. The lowest BCUT2D eigenvalue weighted by Crippen LogP contribution is -2.63. The number of urea groups is 1. The van der Waals surface area contributed by atoms with Crippen molar-refractivity contribution in [3.8, 4) is 0 Å². The monoisotopic (exact) mass is 235 g/mol. The predicted molar refractivity (Wildman–Crippen MR) is 64.3 cm³/mol. The first kappa shape index (κ1) is 11.9. The maximum Gasteiger partial charge on any atom is 0.317 e. The molecule has 1 atom stereocenters. The van der Waals surface area contributed by atoms with Crippen LogP contribution in [0.2, 0.25) is 0 Å². The van der Waals surface area contributed by atoms with Gasteiger partial charge in [-0.25, -0.2) is 4.79 Å². The highest BCUT2D eigenvalue weighted by molar-refractivity contribution is 5.73. The molecule has 1 saturated heterocycles. The van der Waals surface area contributed by atoms with E-state index in [9.17, 15) is 4.79 Å². The van der Waals surface area contributed by atoms with Crippen LogP contribution in [0.5, 0.6) is 0 Å². The summed E-state index contributed by atoms with van der Waals surface area (Å²) in [4.78, 5) is 13.1. The highest BCUT2D eigenvalue weighted by Crippen LogP contribution is 2.30. The van der Waals surface area contributed by atoms with E-state index in [1.807, 2.05) is 30.3 Å². The first-order valence-corrected chi connectivity index (χ1v) is 5.59. The number of ether oxygens (including phenoxy) is 1. The average Bonchev–Trinajstić information content (AvgIpc) is 2.39. The molecular formula is C12H17N3O2. The maximum absolute atomic E-state index is 11.5. The summed E-state index contributed by atoms with van der Waals surface area (Å²) in [7, 11) is 1.59. The van der Waals surface area contributed by atoms with Gasteiger partial charge in [0.05, 0.1) is 0 Å². The van der Waals surface area contributed by atoms with Gasteiger partial charge < -0.3 is 15.8 Å². The van der Waals surface area contributed by atoms with Crippen molar-refractivity contribution in [1.82, 2.24) is 10.2 Å². The molecule has 17 heavy (non-hydrogen) atoms. The molecule has 1 fully saturated rings. The van der Waals surface area contributed by atoms with E-state index in [1.54, 1.807) is 12.0 Å². The molecule has 2 rings (SSSR count). The standard InChI is InChI=1S/C12H17N3O2/c1-17-12(10-5-3-2-4-6-10)9-14-7-8-15(12)11(13)16/h2-6,14H,7-9H2,1H3,(H2,13,16).